The summed E-state index contributed by atoms with van der Waals surface area (Å²) in [5.41, 5.74) is 1.79. The number of thiazole rings is 1. The Hall–Kier alpha value is 0.833. The molecule has 0 aromatic carbocycles. The van der Waals surface area contributed by atoms with Gasteiger partial charge >= 0.3 is 19.5 Å². The molecule has 1 aromatic heterocycles. The van der Waals surface area contributed by atoms with Crippen molar-refractivity contribution >= 4 is 11.3 Å². The monoisotopic (exact) mass is 219 g/mol. The predicted molar refractivity (Wildman–Crippen MR) is 22.1 cm³/mol. The molecule has 0 bridgehead atoms. The zero-order chi connectivity index (χ0) is 3.54. The molecule has 42 valence electrons. The minimum Gasteiger partial charge on any atom is -1.00 e. The molecule has 0 amide bonds. The fourth-order valence-electron chi connectivity index (χ4n) is 0.176. The number of halogens is 2. The number of aromatic nitrogens is 1. The third kappa shape index (κ3) is 6.83. The van der Waals surface area contributed by atoms with E-state index in [1.165, 1.54) is 0 Å². The molecule has 0 aliphatic rings. The topological polar surface area (TPSA) is 12.9 Å². The van der Waals surface area contributed by atoms with E-state index in [-0.39, 0.29) is 44.3 Å². The minimum absolute atomic E-state index is 0. The molecular formula is C3H3Cl2NSZn. The molecule has 5 heteroatoms. The standard InChI is InChI=1S/C3H3NS.2ClH.Zn/c1-2-5-3-4-1;;;/h1-3H;2*1H;/q;;;+2/p-2. The van der Waals surface area contributed by atoms with Gasteiger partial charge in [0.05, 0.1) is 5.51 Å². The molecule has 0 saturated carbocycles. The van der Waals surface area contributed by atoms with Gasteiger partial charge in [0.15, 0.2) is 0 Å². The first-order valence-corrected chi connectivity index (χ1v) is 2.26. The Bertz CT molecular complexity index is 73.8. The van der Waals surface area contributed by atoms with Crippen molar-refractivity contribution in [3.63, 3.8) is 0 Å². The molecule has 1 rings (SSSR count). The summed E-state index contributed by atoms with van der Waals surface area (Å²) in [6.07, 6.45) is 1.77. The van der Waals surface area contributed by atoms with Crippen molar-refractivity contribution in [3.05, 3.63) is 17.1 Å². The van der Waals surface area contributed by atoms with E-state index in [0.717, 1.165) is 0 Å². The second-order valence-electron chi connectivity index (χ2n) is 0.676. The molecule has 0 fully saturated rings. The molecule has 1 nitrogen and oxygen atoms in total. The Morgan fingerprint density at radius 1 is 1.25 bits per heavy atom. The normalized spacial score (nSPS) is 5.00. The van der Waals surface area contributed by atoms with E-state index in [4.69, 9.17) is 0 Å². The van der Waals surface area contributed by atoms with Crippen LogP contribution in [0.2, 0.25) is 0 Å². The van der Waals surface area contributed by atoms with E-state index >= 15 is 0 Å². The smallest absolute Gasteiger partial charge is 1.00 e. The van der Waals surface area contributed by atoms with Gasteiger partial charge in [-0.25, -0.2) is 0 Å². The number of hydrogen-bond donors (Lipinski definition) is 0. The molecule has 0 atom stereocenters. The average Bonchev–Trinajstić information content (AvgIpc) is 1.76. The van der Waals surface area contributed by atoms with Crippen molar-refractivity contribution in [1.29, 1.82) is 0 Å². The predicted octanol–water partition coefficient (Wildman–Crippen LogP) is -4.85. The third-order valence-electron chi connectivity index (χ3n) is 0.347. The Kier molecular flexibility index (Phi) is 21.4. The maximum Gasteiger partial charge on any atom is 2.00 e. The van der Waals surface area contributed by atoms with Crippen LogP contribution in [0.15, 0.2) is 17.1 Å². The summed E-state index contributed by atoms with van der Waals surface area (Å²) in [5, 5.41) is 1.93. The van der Waals surface area contributed by atoms with Crippen molar-refractivity contribution in [2.75, 3.05) is 0 Å². The zero-order valence-electron chi connectivity index (χ0n) is 4.05. The van der Waals surface area contributed by atoms with Crippen LogP contribution in [0, 0.1) is 0 Å². The SMILES string of the molecule is [Cl-].[Cl-].[Zn+2].c1cscn1. The van der Waals surface area contributed by atoms with Gasteiger partial charge in [-0.05, 0) is 0 Å². The number of hydrogen-bond acceptors (Lipinski definition) is 2. The van der Waals surface area contributed by atoms with E-state index < -0.39 is 0 Å². The second kappa shape index (κ2) is 10.7. The molecule has 0 aliphatic heterocycles. The van der Waals surface area contributed by atoms with Gasteiger partial charge in [-0.2, -0.15) is 0 Å². The fourth-order valence-corrected chi connectivity index (χ4v) is 0.527. The summed E-state index contributed by atoms with van der Waals surface area (Å²) in [4.78, 5) is 3.74. The Morgan fingerprint density at radius 2 is 1.88 bits per heavy atom. The third-order valence-corrected chi connectivity index (χ3v) is 0.869. The number of nitrogens with zero attached hydrogens (tertiary/aromatic N) is 1. The Balaban J connectivity index is -0.0000000833. The van der Waals surface area contributed by atoms with Crippen molar-refractivity contribution < 1.29 is 44.3 Å². The van der Waals surface area contributed by atoms with E-state index in [1.807, 2.05) is 5.38 Å². The van der Waals surface area contributed by atoms with Gasteiger partial charge in [-0.1, -0.05) is 0 Å². The maximum atomic E-state index is 3.74. The molecule has 8 heavy (non-hydrogen) atoms. The van der Waals surface area contributed by atoms with Crippen LogP contribution in [-0.2, 0) is 19.5 Å². The molecule has 1 aromatic rings. The van der Waals surface area contributed by atoms with Gasteiger partial charge in [0, 0.05) is 11.6 Å². The van der Waals surface area contributed by atoms with Gasteiger partial charge in [-0.15, -0.1) is 11.3 Å². The molecule has 0 aliphatic carbocycles. The van der Waals surface area contributed by atoms with Crippen LogP contribution >= 0.6 is 11.3 Å². The van der Waals surface area contributed by atoms with Gasteiger partial charge < -0.3 is 24.8 Å². The molecular weight excluding hydrogens is 218 g/mol. The first kappa shape index (κ1) is 15.9. The number of rotatable bonds is 0. The van der Waals surface area contributed by atoms with Crippen LogP contribution in [-0.4, -0.2) is 4.98 Å². The largest absolute Gasteiger partial charge is 2.00 e. The van der Waals surface area contributed by atoms with Gasteiger partial charge in [0.25, 0.3) is 0 Å². The van der Waals surface area contributed by atoms with Crippen LogP contribution in [0.5, 0.6) is 0 Å². The molecule has 0 unspecified atom stereocenters. The second-order valence-corrected chi connectivity index (χ2v) is 1.43. The molecule has 0 N–H and O–H groups in total. The first-order valence-electron chi connectivity index (χ1n) is 1.32. The summed E-state index contributed by atoms with van der Waals surface area (Å²) in [7, 11) is 0. The summed E-state index contributed by atoms with van der Waals surface area (Å²) >= 11 is 1.60. The molecule has 0 saturated heterocycles. The van der Waals surface area contributed by atoms with Crippen LogP contribution in [0.3, 0.4) is 0 Å². The summed E-state index contributed by atoms with van der Waals surface area (Å²) in [6, 6.07) is 0. The van der Waals surface area contributed by atoms with Crippen molar-refractivity contribution in [2.24, 2.45) is 0 Å². The summed E-state index contributed by atoms with van der Waals surface area (Å²) < 4.78 is 0. The fraction of sp³-hybridized carbons (Fsp3) is 0. The van der Waals surface area contributed by atoms with Crippen LogP contribution in [0.1, 0.15) is 0 Å². The van der Waals surface area contributed by atoms with E-state index in [2.05, 4.69) is 4.98 Å². The zero-order valence-corrected chi connectivity index (χ0v) is 9.35. The van der Waals surface area contributed by atoms with Gasteiger partial charge in [-0.3, -0.25) is 4.98 Å². The van der Waals surface area contributed by atoms with Gasteiger partial charge in [0.1, 0.15) is 0 Å². The van der Waals surface area contributed by atoms with Crippen LogP contribution in [0.4, 0.5) is 0 Å². The van der Waals surface area contributed by atoms with Crippen molar-refractivity contribution in [2.45, 2.75) is 0 Å². The Labute approximate surface area is 77.5 Å². The maximum absolute atomic E-state index is 3.74. The van der Waals surface area contributed by atoms with Crippen molar-refractivity contribution in [3.8, 4) is 0 Å². The molecule has 0 spiro atoms. The minimum atomic E-state index is 0. The van der Waals surface area contributed by atoms with Crippen LogP contribution in [0.25, 0.3) is 0 Å². The average molecular weight is 221 g/mol. The van der Waals surface area contributed by atoms with E-state index in [0.29, 0.717) is 0 Å². The van der Waals surface area contributed by atoms with Crippen LogP contribution < -0.4 is 24.8 Å². The van der Waals surface area contributed by atoms with Crippen molar-refractivity contribution in [1.82, 2.24) is 4.98 Å². The first-order chi connectivity index (χ1) is 2.50. The van der Waals surface area contributed by atoms with Gasteiger partial charge in [0.2, 0.25) is 0 Å². The van der Waals surface area contributed by atoms with E-state index in [1.54, 1.807) is 23.0 Å². The summed E-state index contributed by atoms with van der Waals surface area (Å²) in [5.74, 6) is 0. The Morgan fingerprint density at radius 3 is 2.00 bits per heavy atom. The summed E-state index contributed by atoms with van der Waals surface area (Å²) in [6.45, 7) is 0. The molecule has 0 radical (unpaired) electrons. The van der Waals surface area contributed by atoms with E-state index in [9.17, 15) is 0 Å². The molecule has 1 heterocycles. The quantitative estimate of drug-likeness (QED) is 0.401.